The van der Waals surface area contributed by atoms with Crippen molar-refractivity contribution in [3.8, 4) is 11.3 Å². The van der Waals surface area contributed by atoms with E-state index >= 15 is 0 Å². The Morgan fingerprint density at radius 3 is 2.40 bits per heavy atom. The highest BCUT2D eigenvalue weighted by Gasteiger charge is 2.37. The fourth-order valence-electron chi connectivity index (χ4n) is 5.55. The van der Waals surface area contributed by atoms with Crippen LogP contribution >= 0.6 is 0 Å². The normalized spacial score (nSPS) is 17.7. The van der Waals surface area contributed by atoms with Gasteiger partial charge in [0.05, 0.1) is 53.2 Å². The first-order valence-corrected chi connectivity index (χ1v) is 11.8. The van der Waals surface area contributed by atoms with Crippen LogP contribution < -0.4 is 11.2 Å². The van der Waals surface area contributed by atoms with Crippen LogP contribution in [0.25, 0.3) is 22.2 Å². The van der Waals surface area contributed by atoms with Gasteiger partial charge in [-0.3, -0.25) is 13.9 Å². The molecule has 0 amide bonds. The molecule has 0 radical (unpaired) electrons. The topological polar surface area (TPSA) is 92.8 Å². The van der Waals surface area contributed by atoms with Crippen molar-refractivity contribution in [2.45, 2.75) is 38.3 Å². The van der Waals surface area contributed by atoms with Crippen LogP contribution in [0.4, 0.5) is 0 Å². The van der Waals surface area contributed by atoms with Crippen LogP contribution in [-0.4, -0.2) is 28.7 Å². The third kappa shape index (κ3) is 3.22. The molecule has 9 heteroatoms. The van der Waals surface area contributed by atoms with Gasteiger partial charge in [-0.05, 0) is 37.5 Å². The molecule has 178 valence electrons. The van der Waals surface area contributed by atoms with E-state index in [4.69, 9.17) is 4.42 Å². The van der Waals surface area contributed by atoms with Gasteiger partial charge in [-0.25, -0.2) is 4.79 Å². The van der Waals surface area contributed by atoms with Crippen molar-refractivity contribution < 1.29 is 4.42 Å². The molecule has 1 aromatic carbocycles. The average molecular weight is 471 g/mol. The van der Waals surface area contributed by atoms with Gasteiger partial charge in [-0.2, -0.15) is 15.0 Å². The fraction of sp³-hybridized carbons (Fsp3) is 0.308. The number of furan rings is 1. The van der Waals surface area contributed by atoms with Crippen LogP contribution in [0.1, 0.15) is 42.0 Å². The van der Waals surface area contributed by atoms with Crippen molar-refractivity contribution in [2.24, 2.45) is 14.1 Å². The van der Waals surface area contributed by atoms with Gasteiger partial charge in [0.15, 0.2) is 0 Å². The Morgan fingerprint density at radius 1 is 0.971 bits per heavy atom. The van der Waals surface area contributed by atoms with Crippen molar-refractivity contribution >= 4 is 10.9 Å². The molecule has 9 nitrogen and oxygen atoms in total. The van der Waals surface area contributed by atoms with E-state index in [-0.39, 0.29) is 23.2 Å². The van der Waals surface area contributed by atoms with Crippen LogP contribution in [0.2, 0.25) is 0 Å². The van der Waals surface area contributed by atoms with Gasteiger partial charge in [-0.1, -0.05) is 30.3 Å². The highest BCUT2D eigenvalue weighted by molar-refractivity contribution is 5.96. The van der Waals surface area contributed by atoms with Crippen molar-refractivity contribution in [3.63, 3.8) is 0 Å². The molecular formula is C26H26N6O3. The summed E-state index contributed by atoms with van der Waals surface area (Å²) in [6.45, 7) is 2.48. The number of rotatable bonds is 4. The summed E-state index contributed by atoms with van der Waals surface area (Å²) >= 11 is 0. The van der Waals surface area contributed by atoms with Gasteiger partial charge in [0.2, 0.25) is 0 Å². The summed E-state index contributed by atoms with van der Waals surface area (Å²) in [5, 5.41) is 9.22. The lowest BCUT2D eigenvalue weighted by atomic mass is 9.89. The second-order valence-electron chi connectivity index (χ2n) is 9.22. The molecule has 0 bridgehead atoms. The Kier molecular flexibility index (Phi) is 4.87. The molecule has 0 N–H and O–H groups in total. The lowest BCUT2D eigenvalue weighted by molar-refractivity contribution is 0.302. The van der Waals surface area contributed by atoms with Crippen LogP contribution in [0.15, 0.2) is 68.9 Å². The first-order valence-electron chi connectivity index (χ1n) is 11.8. The number of aromatic nitrogens is 6. The smallest absolute Gasteiger partial charge is 0.331 e. The summed E-state index contributed by atoms with van der Waals surface area (Å²) in [7, 11) is 3.27. The van der Waals surface area contributed by atoms with Crippen LogP contribution in [0.3, 0.4) is 0 Å². The number of hydrogen-bond acceptors (Lipinski definition) is 5. The maximum Gasteiger partial charge on any atom is 0.331 e. The van der Waals surface area contributed by atoms with Crippen LogP contribution in [0, 0.1) is 6.92 Å². The molecule has 5 aromatic rings. The third-order valence-corrected chi connectivity index (χ3v) is 7.12. The number of fused-ring (bicyclic) bond motifs is 3. The van der Waals surface area contributed by atoms with E-state index in [0.717, 1.165) is 41.3 Å². The van der Waals surface area contributed by atoms with Gasteiger partial charge >= 0.3 is 5.69 Å². The summed E-state index contributed by atoms with van der Waals surface area (Å²) in [4.78, 5) is 28.4. The zero-order valence-electron chi connectivity index (χ0n) is 19.9. The third-order valence-electron chi connectivity index (χ3n) is 7.12. The van der Waals surface area contributed by atoms with Crippen LogP contribution in [0.5, 0.6) is 0 Å². The second kappa shape index (κ2) is 7.97. The molecule has 0 aliphatic carbocycles. The van der Waals surface area contributed by atoms with Crippen molar-refractivity contribution in [1.82, 2.24) is 28.7 Å². The molecule has 2 unspecified atom stereocenters. The van der Waals surface area contributed by atoms with Gasteiger partial charge in [0, 0.05) is 14.1 Å². The Balaban J connectivity index is 1.76. The average Bonchev–Trinajstić information content (AvgIpc) is 3.61. The van der Waals surface area contributed by atoms with Gasteiger partial charge in [0.25, 0.3) is 5.56 Å². The number of aryl methyl sites for hydroxylation is 2. The standard InChI is InChI=1S/C26H26N6O3/c1-16-9-12-20(35-16)19-11-10-18(15-31-27-13-14-28-31)32-22(17-7-5-4-6-8-17)21-24(23(19)32)29(2)26(34)30(3)25(21)33/h4-9,12-14,18-19H,10-11,15H2,1-3H3. The minimum absolute atomic E-state index is 0.00729. The fourth-order valence-corrected chi connectivity index (χ4v) is 5.55. The van der Waals surface area contributed by atoms with Crippen molar-refractivity contribution in [2.75, 3.05) is 0 Å². The van der Waals surface area contributed by atoms with E-state index in [1.54, 1.807) is 28.8 Å². The molecule has 5 heterocycles. The summed E-state index contributed by atoms with van der Waals surface area (Å²) in [5.41, 5.74) is 2.68. The largest absolute Gasteiger partial charge is 0.466 e. The second-order valence-corrected chi connectivity index (χ2v) is 9.22. The van der Waals surface area contributed by atoms with E-state index in [9.17, 15) is 9.59 Å². The molecule has 2 atom stereocenters. The Labute approximate surface area is 200 Å². The monoisotopic (exact) mass is 470 g/mol. The number of benzene rings is 1. The molecular weight excluding hydrogens is 444 g/mol. The van der Waals surface area contributed by atoms with Gasteiger partial charge in [-0.15, -0.1) is 0 Å². The predicted octanol–water partition coefficient (Wildman–Crippen LogP) is 3.37. The minimum Gasteiger partial charge on any atom is -0.466 e. The van der Waals surface area contributed by atoms with Crippen molar-refractivity contribution in [1.29, 1.82) is 0 Å². The summed E-state index contributed by atoms with van der Waals surface area (Å²) in [6.07, 6.45) is 4.99. The molecule has 0 spiro atoms. The molecule has 0 saturated heterocycles. The molecule has 1 aliphatic rings. The molecule has 0 saturated carbocycles. The molecule has 0 fully saturated rings. The number of hydrogen-bond donors (Lipinski definition) is 0. The summed E-state index contributed by atoms with van der Waals surface area (Å²) in [6, 6.07) is 13.9. The van der Waals surface area contributed by atoms with Gasteiger partial charge < -0.3 is 8.98 Å². The molecule has 35 heavy (non-hydrogen) atoms. The first kappa shape index (κ1) is 21.4. The minimum atomic E-state index is -0.347. The first-order chi connectivity index (χ1) is 17.0. The highest BCUT2D eigenvalue weighted by Crippen LogP contribution is 2.47. The molecule has 1 aliphatic heterocycles. The SMILES string of the molecule is Cc1ccc(C2CCC(Cn3nccn3)n3c(-c4ccccc4)c4c(=O)n(C)c(=O)n(C)c4c32)o1. The Hall–Kier alpha value is -4.14. The zero-order valence-corrected chi connectivity index (χ0v) is 19.9. The lowest BCUT2D eigenvalue weighted by Gasteiger charge is -2.32. The maximum absolute atomic E-state index is 13.7. The zero-order chi connectivity index (χ0) is 24.3. The van der Waals surface area contributed by atoms with E-state index in [2.05, 4.69) is 14.8 Å². The van der Waals surface area contributed by atoms with Gasteiger partial charge in [0.1, 0.15) is 11.5 Å². The highest BCUT2D eigenvalue weighted by atomic mass is 16.3. The summed E-state index contributed by atoms with van der Waals surface area (Å²) < 4.78 is 11.1. The quantitative estimate of drug-likeness (QED) is 0.402. The van der Waals surface area contributed by atoms with Crippen LogP contribution in [-0.2, 0) is 20.6 Å². The van der Waals surface area contributed by atoms with E-state index < -0.39 is 0 Å². The lowest BCUT2D eigenvalue weighted by Crippen LogP contribution is -2.37. The molecule has 4 aromatic heterocycles. The van der Waals surface area contributed by atoms with E-state index in [1.807, 2.05) is 49.4 Å². The Bertz CT molecular complexity index is 1650. The van der Waals surface area contributed by atoms with E-state index in [0.29, 0.717) is 17.4 Å². The Morgan fingerprint density at radius 2 is 1.71 bits per heavy atom. The van der Waals surface area contributed by atoms with Crippen molar-refractivity contribution in [3.05, 3.63) is 92.9 Å². The maximum atomic E-state index is 13.7. The molecule has 6 rings (SSSR count). The summed E-state index contributed by atoms with van der Waals surface area (Å²) in [5.74, 6) is 1.58. The number of nitrogens with zero attached hydrogens (tertiary/aromatic N) is 6. The van der Waals surface area contributed by atoms with E-state index in [1.165, 1.54) is 11.6 Å². The predicted molar refractivity (Wildman–Crippen MR) is 131 cm³/mol.